The van der Waals surface area contributed by atoms with Crippen LogP contribution in [0.15, 0.2) is 18.2 Å². The minimum absolute atomic E-state index is 0.210. The van der Waals surface area contributed by atoms with Crippen molar-refractivity contribution in [3.8, 4) is 0 Å². The molecule has 1 aromatic heterocycles. The SMILES string of the molecule is CCNC(=O)Nc1nc2cc(C)ccc2s1. The Morgan fingerprint density at radius 2 is 2.31 bits per heavy atom. The number of aryl methyl sites for hydroxylation is 1. The third kappa shape index (κ3) is 2.30. The largest absolute Gasteiger partial charge is 0.338 e. The molecule has 84 valence electrons. The van der Waals surface area contributed by atoms with Gasteiger partial charge in [0.15, 0.2) is 5.13 Å². The lowest BCUT2D eigenvalue weighted by atomic mass is 10.2. The van der Waals surface area contributed by atoms with Gasteiger partial charge in [0, 0.05) is 6.54 Å². The van der Waals surface area contributed by atoms with Gasteiger partial charge in [-0.15, -0.1) is 0 Å². The van der Waals surface area contributed by atoms with Crippen LogP contribution in [0.1, 0.15) is 12.5 Å². The van der Waals surface area contributed by atoms with Crippen molar-refractivity contribution in [1.29, 1.82) is 0 Å². The number of aromatic nitrogens is 1. The average molecular weight is 235 g/mol. The molecule has 0 saturated carbocycles. The number of carbonyl (C=O) groups is 1. The Kier molecular flexibility index (Phi) is 3.05. The molecule has 0 spiro atoms. The maximum Gasteiger partial charge on any atom is 0.321 e. The summed E-state index contributed by atoms with van der Waals surface area (Å²) >= 11 is 1.48. The van der Waals surface area contributed by atoms with E-state index < -0.39 is 0 Å². The monoisotopic (exact) mass is 235 g/mol. The van der Waals surface area contributed by atoms with E-state index in [-0.39, 0.29) is 6.03 Å². The molecule has 0 aliphatic rings. The number of benzene rings is 1. The number of nitrogens with zero attached hydrogens (tertiary/aromatic N) is 1. The highest BCUT2D eigenvalue weighted by Crippen LogP contribution is 2.26. The molecule has 0 saturated heterocycles. The Labute approximate surface area is 97.7 Å². The lowest BCUT2D eigenvalue weighted by Crippen LogP contribution is -2.28. The first-order chi connectivity index (χ1) is 7.69. The molecular formula is C11H13N3OS. The zero-order valence-electron chi connectivity index (χ0n) is 9.20. The van der Waals surface area contributed by atoms with Crippen molar-refractivity contribution < 1.29 is 4.79 Å². The van der Waals surface area contributed by atoms with Gasteiger partial charge < -0.3 is 5.32 Å². The molecule has 2 rings (SSSR count). The molecule has 0 aliphatic carbocycles. The second kappa shape index (κ2) is 4.49. The van der Waals surface area contributed by atoms with Crippen LogP contribution >= 0.6 is 11.3 Å². The molecule has 2 aromatic rings. The molecule has 0 aliphatic heterocycles. The van der Waals surface area contributed by atoms with Gasteiger partial charge in [-0.1, -0.05) is 17.4 Å². The first-order valence-corrected chi connectivity index (χ1v) is 5.92. The van der Waals surface area contributed by atoms with Crippen molar-refractivity contribution in [3.63, 3.8) is 0 Å². The van der Waals surface area contributed by atoms with Crippen LogP contribution in [0.2, 0.25) is 0 Å². The first kappa shape index (κ1) is 10.9. The van der Waals surface area contributed by atoms with E-state index in [1.807, 2.05) is 32.0 Å². The van der Waals surface area contributed by atoms with Crippen molar-refractivity contribution in [2.24, 2.45) is 0 Å². The summed E-state index contributed by atoms with van der Waals surface area (Å²) in [6, 6.07) is 5.86. The van der Waals surface area contributed by atoms with Crippen LogP contribution in [0.3, 0.4) is 0 Å². The second-order valence-electron chi connectivity index (χ2n) is 3.47. The van der Waals surface area contributed by atoms with Gasteiger partial charge >= 0.3 is 6.03 Å². The van der Waals surface area contributed by atoms with E-state index in [2.05, 4.69) is 15.6 Å². The number of hydrogen-bond donors (Lipinski definition) is 2. The fraction of sp³-hybridized carbons (Fsp3) is 0.273. The fourth-order valence-corrected chi connectivity index (χ4v) is 2.23. The zero-order chi connectivity index (χ0) is 11.5. The fourth-order valence-electron chi connectivity index (χ4n) is 1.39. The molecular weight excluding hydrogens is 222 g/mol. The van der Waals surface area contributed by atoms with Crippen LogP contribution in [0.4, 0.5) is 9.93 Å². The smallest absolute Gasteiger partial charge is 0.321 e. The van der Waals surface area contributed by atoms with Crippen molar-refractivity contribution in [2.75, 3.05) is 11.9 Å². The summed E-state index contributed by atoms with van der Waals surface area (Å²) in [5.74, 6) is 0. The molecule has 0 fully saturated rings. The highest BCUT2D eigenvalue weighted by Gasteiger charge is 2.06. The quantitative estimate of drug-likeness (QED) is 0.841. The van der Waals surface area contributed by atoms with E-state index in [0.29, 0.717) is 11.7 Å². The van der Waals surface area contributed by atoms with E-state index in [4.69, 9.17) is 0 Å². The standard InChI is InChI=1S/C11H13N3OS/c1-3-12-10(15)14-11-13-8-6-7(2)4-5-9(8)16-11/h4-6H,3H2,1-2H3,(H2,12,13,14,15). The molecule has 1 aromatic carbocycles. The third-order valence-corrected chi connectivity index (χ3v) is 3.05. The van der Waals surface area contributed by atoms with E-state index in [9.17, 15) is 4.79 Å². The van der Waals surface area contributed by atoms with Crippen molar-refractivity contribution in [1.82, 2.24) is 10.3 Å². The topological polar surface area (TPSA) is 54.0 Å². The van der Waals surface area contributed by atoms with Gasteiger partial charge in [-0.2, -0.15) is 0 Å². The molecule has 0 atom stereocenters. The zero-order valence-corrected chi connectivity index (χ0v) is 10.0. The van der Waals surface area contributed by atoms with Crippen molar-refractivity contribution in [3.05, 3.63) is 23.8 Å². The third-order valence-electron chi connectivity index (χ3n) is 2.10. The molecule has 4 nitrogen and oxygen atoms in total. The molecule has 0 unspecified atom stereocenters. The van der Waals surface area contributed by atoms with Crippen LogP contribution in [0.25, 0.3) is 10.2 Å². The van der Waals surface area contributed by atoms with Gasteiger partial charge in [-0.3, -0.25) is 5.32 Å². The van der Waals surface area contributed by atoms with Crippen LogP contribution in [-0.4, -0.2) is 17.6 Å². The van der Waals surface area contributed by atoms with E-state index in [0.717, 1.165) is 10.2 Å². The average Bonchev–Trinajstić information content (AvgIpc) is 2.59. The summed E-state index contributed by atoms with van der Waals surface area (Å²) in [4.78, 5) is 15.6. The predicted molar refractivity (Wildman–Crippen MR) is 67.1 cm³/mol. The number of thiazole rings is 1. The highest BCUT2D eigenvalue weighted by molar-refractivity contribution is 7.22. The van der Waals surface area contributed by atoms with E-state index in [1.54, 1.807) is 0 Å². The Balaban J connectivity index is 2.23. The van der Waals surface area contributed by atoms with Gasteiger partial charge in [0.25, 0.3) is 0 Å². The molecule has 2 N–H and O–H groups in total. The summed E-state index contributed by atoms with van der Waals surface area (Å²) in [5.41, 5.74) is 2.10. The minimum atomic E-state index is -0.210. The maximum absolute atomic E-state index is 11.3. The number of amides is 2. The summed E-state index contributed by atoms with van der Waals surface area (Å²) in [5, 5.41) is 6.01. The van der Waals surface area contributed by atoms with Crippen molar-refractivity contribution in [2.45, 2.75) is 13.8 Å². The van der Waals surface area contributed by atoms with Gasteiger partial charge in [0.05, 0.1) is 10.2 Å². The van der Waals surface area contributed by atoms with Gasteiger partial charge in [0.2, 0.25) is 0 Å². The number of carbonyl (C=O) groups excluding carboxylic acids is 1. The summed E-state index contributed by atoms with van der Waals surface area (Å²) < 4.78 is 1.08. The number of hydrogen-bond acceptors (Lipinski definition) is 3. The molecule has 0 radical (unpaired) electrons. The Bertz CT molecular complexity index is 521. The van der Waals surface area contributed by atoms with Gasteiger partial charge in [0.1, 0.15) is 0 Å². The van der Waals surface area contributed by atoms with Gasteiger partial charge in [-0.25, -0.2) is 9.78 Å². The number of urea groups is 1. The molecule has 2 amide bonds. The van der Waals surface area contributed by atoms with E-state index in [1.165, 1.54) is 16.9 Å². The number of nitrogens with one attached hydrogen (secondary N) is 2. The predicted octanol–water partition coefficient (Wildman–Crippen LogP) is 2.75. The minimum Gasteiger partial charge on any atom is -0.338 e. The van der Waals surface area contributed by atoms with Crippen LogP contribution in [-0.2, 0) is 0 Å². The van der Waals surface area contributed by atoms with Crippen LogP contribution in [0, 0.1) is 6.92 Å². The van der Waals surface area contributed by atoms with Crippen LogP contribution < -0.4 is 10.6 Å². The molecule has 1 heterocycles. The Morgan fingerprint density at radius 1 is 1.50 bits per heavy atom. The summed E-state index contributed by atoms with van der Waals surface area (Å²) in [6.45, 7) is 4.51. The second-order valence-corrected chi connectivity index (χ2v) is 4.51. The van der Waals surface area contributed by atoms with E-state index >= 15 is 0 Å². The lowest BCUT2D eigenvalue weighted by molar-refractivity contribution is 0.252. The summed E-state index contributed by atoms with van der Waals surface area (Å²) in [6.07, 6.45) is 0. The molecule has 5 heteroatoms. The van der Waals surface area contributed by atoms with Gasteiger partial charge in [-0.05, 0) is 31.5 Å². The molecule has 16 heavy (non-hydrogen) atoms. The Morgan fingerprint density at radius 3 is 3.06 bits per heavy atom. The number of anilines is 1. The lowest BCUT2D eigenvalue weighted by Gasteiger charge is -2.00. The normalized spacial score (nSPS) is 10.4. The van der Waals surface area contributed by atoms with Crippen LogP contribution in [0.5, 0.6) is 0 Å². The maximum atomic E-state index is 11.3. The number of rotatable bonds is 2. The van der Waals surface area contributed by atoms with Crippen molar-refractivity contribution >= 4 is 32.7 Å². The number of fused-ring (bicyclic) bond motifs is 1. The summed E-state index contributed by atoms with van der Waals surface area (Å²) in [7, 11) is 0. The first-order valence-electron chi connectivity index (χ1n) is 5.11. The highest BCUT2D eigenvalue weighted by atomic mass is 32.1. The molecule has 0 bridgehead atoms. The Hall–Kier alpha value is -1.62.